The number of hydrogen-bond donors (Lipinski definition) is 3. The van der Waals surface area contributed by atoms with Gasteiger partial charge in [0, 0.05) is 0 Å². The summed E-state index contributed by atoms with van der Waals surface area (Å²) >= 11 is 0. The quantitative estimate of drug-likeness (QED) is 0.160. The Morgan fingerprint density at radius 2 is 2.10 bits per heavy atom. The van der Waals surface area contributed by atoms with Gasteiger partial charge in [-0.3, -0.25) is 0 Å². The summed E-state index contributed by atoms with van der Waals surface area (Å²) in [6, 6.07) is 0. The van der Waals surface area contributed by atoms with Crippen LogP contribution < -0.4 is 46.9 Å². The van der Waals surface area contributed by atoms with Crippen LogP contribution in [0.3, 0.4) is 0 Å². The molecule has 0 aromatic carbocycles. The van der Waals surface area contributed by atoms with E-state index in [0.717, 1.165) is 0 Å². The second-order valence-electron chi connectivity index (χ2n) is 1.23. The SMILES string of the molecule is NOC(=O)CN=C(N)N.[H-].[Na+]. The van der Waals surface area contributed by atoms with Crippen LogP contribution in [0.15, 0.2) is 4.99 Å². The zero-order valence-electron chi connectivity index (χ0n) is 6.70. The van der Waals surface area contributed by atoms with E-state index < -0.39 is 5.97 Å². The molecule has 0 amide bonds. The van der Waals surface area contributed by atoms with E-state index in [4.69, 9.17) is 11.5 Å². The maximum atomic E-state index is 10.2. The number of guanidine groups is 1. The first-order valence-corrected chi connectivity index (χ1v) is 2.11. The Hall–Kier alpha value is -0.300. The summed E-state index contributed by atoms with van der Waals surface area (Å²) in [4.78, 5) is 17.2. The molecule has 6 nitrogen and oxygen atoms in total. The van der Waals surface area contributed by atoms with Crippen LogP contribution in [0.1, 0.15) is 1.43 Å². The van der Waals surface area contributed by atoms with Crippen LogP contribution in [-0.2, 0) is 9.63 Å². The van der Waals surface area contributed by atoms with Gasteiger partial charge in [-0.2, -0.15) is 5.90 Å². The normalized spacial score (nSPS) is 7.30. The van der Waals surface area contributed by atoms with Crippen LogP contribution in [0, 0.1) is 0 Å². The molecule has 0 heterocycles. The fraction of sp³-hybridized carbons (Fsp3) is 0.333. The van der Waals surface area contributed by atoms with Crippen molar-refractivity contribution in [1.29, 1.82) is 0 Å². The summed E-state index contributed by atoms with van der Waals surface area (Å²) < 4.78 is 0. The second kappa shape index (κ2) is 6.81. The maximum Gasteiger partial charge on any atom is 1.00 e. The minimum atomic E-state index is -0.677. The zero-order chi connectivity index (χ0) is 7.28. The van der Waals surface area contributed by atoms with E-state index in [1.165, 1.54) is 0 Å². The average Bonchev–Trinajstić information content (AvgIpc) is 1.83. The number of rotatable bonds is 2. The molecule has 0 aliphatic rings. The molecule has 0 radical (unpaired) electrons. The Labute approximate surface area is 81.5 Å². The molecule has 0 rings (SSSR count). The molecule has 0 bridgehead atoms. The Kier molecular flexibility index (Phi) is 8.44. The molecule has 6 N–H and O–H groups in total. The fourth-order valence-corrected chi connectivity index (χ4v) is 0.193. The topological polar surface area (TPSA) is 117 Å². The molecule has 0 aromatic rings. The van der Waals surface area contributed by atoms with Crippen molar-refractivity contribution in [2.45, 2.75) is 0 Å². The first-order valence-electron chi connectivity index (χ1n) is 2.11. The molecule has 0 atom stereocenters. The van der Waals surface area contributed by atoms with Crippen LogP contribution in [0.5, 0.6) is 0 Å². The summed E-state index contributed by atoms with van der Waals surface area (Å²) in [6.07, 6.45) is 0. The smallest absolute Gasteiger partial charge is 1.00 e. The van der Waals surface area contributed by atoms with Gasteiger partial charge in [0.15, 0.2) is 5.96 Å². The number of hydrogen-bond acceptors (Lipinski definition) is 4. The van der Waals surface area contributed by atoms with E-state index in [0.29, 0.717) is 0 Å². The molecular formula is C3H9N4NaO2. The van der Waals surface area contributed by atoms with E-state index >= 15 is 0 Å². The van der Waals surface area contributed by atoms with Gasteiger partial charge in [-0.25, -0.2) is 9.79 Å². The van der Waals surface area contributed by atoms with Crippen molar-refractivity contribution in [1.82, 2.24) is 0 Å². The first-order chi connectivity index (χ1) is 4.16. The Morgan fingerprint density at radius 3 is 2.40 bits per heavy atom. The van der Waals surface area contributed by atoms with Gasteiger partial charge in [0.1, 0.15) is 6.54 Å². The van der Waals surface area contributed by atoms with Gasteiger partial charge in [-0.05, 0) is 0 Å². The van der Waals surface area contributed by atoms with Crippen LogP contribution in [0.2, 0.25) is 0 Å². The number of carbonyl (C=O) groups is 1. The summed E-state index contributed by atoms with van der Waals surface area (Å²) in [7, 11) is 0. The Bertz CT molecular complexity index is 137. The molecule has 0 saturated heterocycles. The molecular weight excluding hydrogens is 147 g/mol. The van der Waals surface area contributed by atoms with Crippen molar-refractivity contribution in [3.05, 3.63) is 0 Å². The van der Waals surface area contributed by atoms with Gasteiger partial charge in [0.25, 0.3) is 0 Å². The summed E-state index contributed by atoms with van der Waals surface area (Å²) in [5.74, 6) is 3.61. The van der Waals surface area contributed by atoms with Gasteiger partial charge in [-0.15, -0.1) is 0 Å². The van der Waals surface area contributed by atoms with Gasteiger partial charge >= 0.3 is 35.5 Å². The molecule has 0 unspecified atom stereocenters. The summed E-state index contributed by atoms with van der Waals surface area (Å²) in [6.45, 7) is -0.237. The van der Waals surface area contributed by atoms with E-state index in [9.17, 15) is 4.79 Å². The molecule has 0 saturated carbocycles. The monoisotopic (exact) mass is 156 g/mol. The van der Waals surface area contributed by atoms with Gasteiger partial charge < -0.3 is 17.7 Å². The molecule has 0 aliphatic carbocycles. The standard InChI is InChI=1S/C3H8N4O2.Na.H/c4-3(5)7-1-2(8)9-6;;/h1,6H2,(H4,4,5,7);;/q;+1;-1. The molecule has 0 aromatic heterocycles. The summed E-state index contributed by atoms with van der Waals surface area (Å²) in [5.41, 5.74) is 9.75. The molecule has 54 valence electrons. The maximum absolute atomic E-state index is 10.2. The van der Waals surface area contributed by atoms with Crippen LogP contribution >= 0.6 is 0 Å². The van der Waals surface area contributed by atoms with Crippen molar-refractivity contribution in [3.63, 3.8) is 0 Å². The minimum Gasteiger partial charge on any atom is -1.00 e. The van der Waals surface area contributed by atoms with Crippen molar-refractivity contribution >= 4 is 11.9 Å². The van der Waals surface area contributed by atoms with Gasteiger partial charge in [0.05, 0.1) is 0 Å². The predicted molar refractivity (Wildman–Crippen MR) is 32.1 cm³/mol. The third-order valence-electron chi connectivity index (χ3n) is 0.522. The van der Waals surface area contributed by atoms with Crippen LogP contribution in [-0.4, -0.2) is 18.5 Å². The minimum absolute atomic E-state index is 0. The number of nitrogens with zero attached hydrogens (tertiary/aromatic N) is 1. The molecule has 0 aliphatic heterocycles. The third kappa shape index (κ3) is 7.70. The average molecular weight is 156 g/mol. The van der Waals surface area contributed by atoms with Crippen molar-refractivity contribution < 1.29 is 40.6 Å². The van der Waals surface area contributed by atoms with Crippen LogP contribution in [0.25, 0.3) is 0 Å². The molecule has 0 spiro atoms. The fourth-order valence-electron chi connectivity index (χ4n) is 0.193. The van der Waals surface area contributed by atoms with Crippen molar-refractivity contribution in [2.24, 2.45) is 22.4 Å². The van der Waals surface area contributed by atoms with Crippen LogP contribution in [0.4, 0.5) is 0 Å². The van der Waals surface area contributed by atoms with Gasteiger partial charge in [-0.1, -0.05) is 0 Å². The number of nitrogens with two attached hydrogens (primary N) is 3. The zero-order valence-corrected chi connectivity index (χ0v) is 7.70. The van der Waals surface area contributed by atoms with Gasteiger partial charge in [0.2, 0.25) is 0 Å². The van der Waals surface area contributed by atoms with E-state index in [1.807, 2.05) is 0 Å². The van der Waals surface area contributed by atoms with E-state index in [2.05, 4.69) is 15.7 Å². The number of aliphatic imine (C=N–C) groups is 1. The van der Waals surface area contributed by atoms with Crippen molar-refractivity contribution in [3.8, 4) is 0 Å². The molecule has 7 heteroatoms. The largest absolute Gasteiger partial charge is 1.00 e. The molecule has 0 fully saturated rings. The summed E-state index contributed by atoms with van der Waals surface area (Å²) in [5, 5.41) is 0. The van der Waals surface area contributed by atoms with E-state index in [-0.39, 0.29) is 43.5 Å². The second-order valence-corrected chi connectivity index (χ2v) is 1.23. The number of carbonyl (C=O) groups excluding carboxylic acids is 1. The Morgan fingerprint density at radius 1 is 1.60 bits per heavy atom. The first kappa shape index (κ1) is 12.4. The predicted octanol–water partition coefficient (Wildman–Crippen LogP) is -5.21. The molecule has 10 heavy (non-hydrogen) atoms. The Balaban J connectivity index is -0.000000320. The van der Waals surface area contributed by atoms with E-state index in [1.54, 1.807) is 0 Å². The van der Waals surface area contributed by atoms with Crippen molar-refractivity contribution in [2.75, 3.05) is 6.54 Å². The third-order valence-corrected chi connectivity index (χ3v) is 0.522.